The Morgan fingerprint density at radius 3 is 2.27 bits per heavy atom. The molecule has 0 bridgehead atoms. The van der Waals surface area contributed by atoms with Gasteiger partial charge in [-0.05, 0) is 30.5 Å². The minimum Gasteiger partial charge on any atom is -0.480 e. The summed E-state index contributed by atoms with van der Waals surface area (Å²) in [7, 11) is 0. The van der Waals surface area contributed by atoms with E-state index in [4.69, 9.17) is 4.74 Å². The van der Waals surface area contributed by atoms with E-state index in [1.54, 1.807) is 43.3 Å². The predicted octanol–water partition coefficient (Wildman–Crippen LogP) is 5.48. The first kappa shape index (κ1) is 19.4. The van der Waals surface area contributed by atoms with Crippen LogP contribution in [0.3, 0.4) is 0 Å². The number of carbonyl (C=O) groups excluding carboxylic acids is 2. The Morgan fingerprint density at radius 2 is 1.43 bits per heavy atom. The monoisotopic (exact) mass is 395 g/mol. The minimum absolute atomic E-state index is 0.144. The Labute approximate surface area is 175 Å². The smallest absolute Gasteiger partial charge is 0.265 e. The third-order valence-electron chi connectivity index (χ3n) is 4.89. The maximum atomic E-state index is 12.9. The fourth-order valence-corrected chi connectivity index (χ4v) is 3.31. The number of ketones is 1. The molecule has 148 valence electrons. The SMILES string of the molecule is C[C@@H](Oc1cccc2ccccc12)C(=O)Nc1ccccc1C(=O)c1ccccc1. The van der Waals surface area contributed by atoms with Gasteiger partial charge in [-0.15, -0.1) is 0 Å². The van der Waals surface area contributed by atoms with E-state index in [-0.39, 0.29) is 11.7 Å². The minimum atomic E-state index is -0.740. The van der Waals surface area contributed by atoms with Crippen LogP contribution in [0.5, 0.6) is 5.75 Å². The van der Waals surface area contributed by atoms with Crippen molar-refractivity contribution in [2.24, 2.45) is 0 Å². The average Bonchev–Trinajstić information content (AvgIpc) is 2.80. The number of rotatable bonds is 6. The van der Waals surface area contributed by atoms with E-state index in [9.17, 15) is 9.59 Å². The zero-order valence-electron chi connectivity index (χ0n) is 16.5. The molecule has 0 heterocycles. The number of anilines is 1. The van der Waals surface area contributed by atoms with Crippen LogP contribution in [0.25, 0.3) is 10.8 Å². The van der Waals surface area contributed by atoms with Gasteiger partial charge in [-0.1, -0.05) is 78.9 Å². The number of amides is 1. The molecule has 4 heteroatoms. The molecule has 0 aliphatic heterocycles. The van der Waals surface area contributed by atoms with Gasteiger partial charge < -0.3 is 10.1 Å². The fraction of sp³-hybridized carbons (Fsp3) is 0.0769. The van der Waals surface area contributed by atoms with E-state index >= 15 is 0 Å². The van der Waals surface area contributed by atoms with Crippen LogP contribution in [-0.2, 0) is 4.79 Å². The van der Waals surface area contributed by atoms with Gasteiger partial charge in [-0.3, -0.25) is 9.59 Å². The molecule has 0 unspecified atom stereocenters. The number of benzene rings is 4. The van der Waals surface area contributed by atoms with Crippen LogP contribution in [0, 0.1) is 0 Å². The Balaban J connectivity index is 1.53. The largest absolute Gasteiger partial charge is 0.480 e. The first-order valence-corrected chi connectivity index (χ1v) is 9.77. The van der Waals surface area contributed by atoms with Gasteiger partial charge in [-0.25, -0.2) is 0 Å². The molecule has 1 atom stereocenters. The fourth-order valence-electron chi connectivity index (χ4n) is 3.31. The molecule has 4 aromatic rings. The highest BCUT2D eigenvalue weighted by molar-refractivity contribution is 6.14. The van der Waals surface area contributed by atoms with Gasteiger partial charge >= 0.3 is 0 Å². The summed E-state index contributed by atoms with van der Waals surface area (Å²) in [6, 6.07) is 29.6. The Morgan fingerprint density at radius 1 is 0.767 bits per heavy atom. The highest BCUT2D eigenvalue weighted by Gasteiger charge is 2.19. The van der Waals surface area contributed by atoms with Crippen molar-refractivity contribution < 1.29 is 14.3 Å². The maximum Gasteiger partial charge on any atom is 0.265 e. The second-order valence-electron chi connectivity index (χ2n) is 6.97. The summed E-state index contributed by atoms with van der Waals surface area (Å²) in [5, 5.41) is 4.83. The van der Waals surface area contributed by atoms with Crippen molar-refractivity contribution in [2.75, 3.05) is 5.32 Å². The van der Waals surface area contributed by atoms with Crippen LogP contribution in [0.15, 0.2) is 97.1 Å². The molecule has 0 fully saturated rings. The third-order valence-corrected chi connectivity index (χ3v) is 4.89. The van der Waals surface area contributed by atoms with E-state index in [0.29, 0.717) is 22.6 Å². The lowest BCUT2D eigenvalue weighted by atomic mass is 10.0. The maximum absolute atomic E-state index is 12.9. The lowest BCUT2D eigenvalue weighted by Crippen LogP contribution is -2.30. The highest BCUT2D eigenvalue weighted by Crippen LogP contribution is 2.26. The molecule has 4 aromatic carbocycles. The normalized spacial score (nSPS) is 11.6. The lowest BCUT2D eigenvalue weighted by Gasteiger charge is -2.17. The van der Waals surface area contributed by atoms with Gasteiger partial charge in [0.05, 0.1) is 5.69 Å². The van der Waals surface area contributed by atoms with Gasteiger partial charge in [0.2, 0.25) is 0 Å². The van der Waals surface area contributed by atoms with E-state index in [1.807, 2.05) is 60.7 Å². The first-order valence-electron chi connectivity index (χ1n) is 9.77. The topological polar surface area (TPSA) is 55.4 Å². The summed E-state index contributed by atoms with van der Waals surface area (Å²) in [6.45, 7) is 1.69. The molecule has 1 amide bonds. The Kier molecular flexibility index (Phi) is 5.57. The summed E-state index contributed by atoms with van der Waals surface area (Å²) >= 11 is 0. The molecule has 4 nitrogen and oxygen atoms in total. The zero-order valence-corrected chi connectivity index (χ0v) is 16.5. The summed E-state index contributed by atoms with van der Waals surface area (Å²) in [6.07, 6.45) is -0.740. The predicted molar refractivity (Wildman–Crippen MR) is 119 cm³/mol. The summed E-state index contributed by atoms with van der Waals surface area (Å²) < 4.78 is 5.95. The molecule has 1 N–H and O–H groups in total. The van der Waals surface area contributed by atoms with Crippen LogP contribution in [-0.4, -0.2) is 17.8 Å². The van der Waals surface area contributed by atoms with Crippen LogP contribution >= 0.6 is 0 Å². The van der Waals surface area contributed by atoms with Crippen molar-refractivity contribution in [3.63, 3.8) is 0 Å². The summed E-state index contributed by atoms with van der Waals surface area (Å²) in [5.41, 5.74) is 1.47. The summed E-state index contributed by atoms with van der Waals surface area (Å²) in [5.74, 6) is 0.176. The second kappa shape index (κ2) is 8.62. The number of fused-ring (bicyclic) bond motifs is 1. The molecule has 0 saturated heterocycles. The molecule has 0 aliphatic rings. The standard InChI is InChI=1S/C26H21NO3/c1-18(30-24-17-9-13-19-10-5-6-14-21(19)24)26(29)27-23-16-8-7-15-22(23)25(28)20-11-3-2-4-12-20/h2-18H,1H3,(H,27,29)/t18-/m1/s1. The van der Waals surface area contributed by atoms with Gasteiger partial charge in [0.1, 0.15) is 5.75 Å². The zero-order chi connectivity index (χ0) is 20.9. The lowest BCUT2D eigenvalue weighted by molar-refractivity contribution is -0.122. The van der Waals surface area contributed by atoms with E-state index < -0.39 is 6.10 Å². The van der Waals surface area contributed by atoms with Gasteiger partial charge in [-0.2, -0.15) is 0 Å². The van der Waals surface area contributed by atoms with Crippen molar-refractivity contribution in [3.8, 4) is 5.75 Å². The van der Waals surface area contributed by atoms with Gasteiger partial charge in [0.25, 0.3) is 5.91 Å². The molecule has 30 heavy (non-hydrogen) atoms. The van der Waals surface area contributed by atoms with Gasteiger partial charge in [0, 0.05) is 16.5 Å². The molecular weight excluding hydrogens is 374 g/mol. The highest BCUT2D eigenvalue weighted by atomic mass is 16.5. The molecule has 0 saturated carbocycles. The van der Waals surface area contributed by atoms with Crippen molar-refractivity contribution >= 4 is 28.2 Å². The van der Waals surface area contributed by atoms with Crippen LogP contribution in [0.2, 0.25) is 0 Å². The average molecular weight is 395 g/mol. The molecule has 0 aliphatic carbocycles. The molecular formula is C26H21NO3. The molecule has 0 aromatic heterocycles. The second-order valence-corrected chi connectivity index (χ2v) is 6.97. The first-order chi connectivity index (χ1) is 14.6. The van der Waals surface area contributed by atoms with Gasteiger partial charge in [0.15, 0.2) is 11.9 Å². The summed E-state index contributed by atoms with van der Waals surface area (Å²) in [4.78, 5) is 25.7. The van der Waals surface area contributed by atoms with Crippen LogP contribution in [0.1, 0.15) is 22.8 Å². The van der Waals surface area contributed by atoms with Crippen molar-refractivity contribution in [2.45, 2.75) is 13.0 Å². The van der Waals surface area contributed by atoms with E-state index in [2.05, 4.69) is 5.32 Å². The van der Waals surface area contributed by atoms with Crippen molar-refractivity contribution in [1.82, 2.24) is 0 Å². The van der Waals surface area contributed by atoms with E-state index in [0.717, 1.165) is 10.8 Å². The van der Waals surface area contributed by atoms with Crippen LogP contribution in [0.4, 0.5) is 5.69 Å². The third kappa shape index (κ3) is 4.08. The van der Waals surface area contributed by atoms with Crippen molar-refractivity contribution in [3.05, 3.63) is 108 Å². The molecule has 4 rings (SSSR count). The Bertz CT molecular complexity index is 1200. The molecule has 0 radical (unpaired) electrons. The number of hydrogen-bond acceptors (Lipinski definition) is 3. The van der Waals surface area contributed by atoms with E-state index in [1.165, 1.54) is 0 Å². The number of carbonyl (C=O) groups is 2. The van der Waals surface area contributed by atoms with Crippen molar-refractivity contribution in [1.29, 1.82) is 0 Å². The number of para-hydroxylation sites is 1. The number of ether oxygens (including phenoxy) is 1. The van der Waals surface area contributed by atoms with Crippen LogP contribution < -0.4 is 10.1 Å². The number of nitrogens with one attached hydrogen (secondary N) is 1. The number of hydrogen-bond donors (Lipinski definition) is 1. The quantitative estimate of drug-likeness (QED) is 0.440. The Hall–Kier alpha value is -3.92. The molecule has 0 spiro atoms.